The molecule has 0 saturated carbocycles. The topological polar surface area (TPSA) is 72.5 Å². The van der Waals surface area contributed by atoms with Gasteiger partial charge in [0.05, 0.1) is 0 Å². The van der Waals surface area contributed by atoms with Crippen LogP contribution in [0.3, 0.4) is 0 Å². The van der Waals surface area contributed by atoms with Crippen molar-refractivity contribution in [3.8, 4) is 0 Å². The normalized spacial score (nSPS) is 18.3. The van der Waals surface area contributed by atoms with Crippen LogP contribution < -0.4 is 0 Å². The second-order valence-corrected chi connectivity index (χ2v) is 6.65. The largest absolute Gasteiger partial charge is 0.481 e. The third-order valence-corrected chi connectivity index (χ3v) is 4.58. The van der Waals surface area contributed by atoms with Gasteiger partial charge in [-0.2, -0.15) is 0 Å². The maximum Gasteiger partial charge on any atom is 0.481 e. The summed E-state index contributed by atoms with van der Waals surface area (Å²) in [5.74, 6) is 0. The number of hydrogen-bond acceptors (Lipinski definition) is 7. The Kier molecular flexibility index (Phi) is 13.3. The summed E-state index contributed by atoms with van der Waals surface area (Å²) >= 11 is 0. The molecule has 0 aromatic carbocycles. The van der Waals surface area contributed by atoms with Gasteiger partial charge >= 0.3 is 7.82 Å². The molecule has 7 nitrogen and oxygen atoms in total. The van der Waals surface area contributed by atoms with Gasteiger partial charge in [0.2, 0.25) is 0 Å². The van der Waals surface area contributed by atoms with E-state index in [1.54, 1.807) is 0 Å². The van der Waals surface area contributed by atoms with E-state index in [0.29, 0.717) is 19.3 Å². The standard InChI is InChI=1S/C15H33O7P/c1-7-10-13(17-4)20-23(16,21-14(18-5)11-8-2)22-15(19-6)12-9-3/h13-15H,7-12H2,1-6H3. The lowest BCUT2D eigenvalue weighted by atomic mass is 10.3. The molecule has 0 amide bonds. The van der Waals surface area contributed by atoms with Crippen LogP contribution in [-0.2, 0) is 32.3 Å². The van der Waals surface area contributed by atoms with Crippen LogP contribution in [-0.4, -0.2) is 40.2 Å². The molecule has 0 saturated heterocycles. The molecule has 3 unspecified atom stereocenters. The average Bonchev–Trinajstić information content (AvgIpc) is 2.53. The van der Waals surface area contributed by atoms with Crippen molar-refractivity contribution in [1.82, 2.24) is 0 Å². The van der Waals surface area contributed by atoms with Crippen molar-refractivity contribution < 1.29 is 32.3 Å². The smallest absolute Gasteiger partial charge is 0.355 e. The van der Waals surface area contributed by atoms with Gasteiger partial charge in [-0.05, 0) is 19.3 Å². The van der Waals surface area contributed by atoms with Gasteiger partial charge in [0.15, 0.2) is 18.9 Å². The van der Waals surface area contributed by atoms with Gasteiger partial charge in [0, 0.05) is 21.3 Å². The minimum atomic E-state index is -3.90. The maximum absolute atomic E-state index is 13.0. The monoisotopic (exact) mass is 356 g/mol. The van der Waals surface area contributed by atoms with E-state index in [0.717, 1.165) is 19.3 Å². The number of rotatable bonds is 15. The Morgan fingerprint density at radius 2 is 0.913 bits per heavy atom. The summed E-state index contributed by atoms with van der Waals surface area (Å²) in [6.07, 6.45) is 2.12. The van der Waals surface area contributed by atoms with Crippen molar-refractivity contribution in [3.05, 3.63) is 0 Å². The first-order valence-corrected chi connectivity index (χ1v) is 9.68. The van der Waals surface area contributed by atoms with Crippen LogP contribution in [0.25, 0.3) is 0 Å². The molecule has 0 aliphatic rings. The number of methoxy groups -OCH3 is 3. The van der Waals surface area contributed by atoms with E-state index in [1.165, 1.54) is 21.3 Å². The Labute approximate surface area is 140 Å². The Morgan fingerprint density at radius 3 is 1.09 bits per heavy atom. The summed E-state index contributed by atoms with van der Waals surface area (Å²) in [4.78, 5) is 0. The molecule has 23 heavy (non-hydrogen) atoms. The minimum Gasteiger partial charge on any atom is -0.355 e. The van der Waals surface area contributed by atoms with Crippen molar-refractivity contribution in [2.24, 2.45) is 0 Å². The third-order valence-electron chi connectivity index (χ3n) is 3.10. The molecule has 0 aliphatic heterocycles. The highest BCUT2D eigenvalue weighted by Crippen LogP contribution is 2.54. The number of phosphoric ester groups is 1. The predicted octanol–water partition coefficient (Wildman–Crippen LogP) is 4.46. The third kappa shape index (κ3) is 9.77. The summed E-state index contributed by atoms with van der Waals surface area (Å²) in [7, 11) is 0.570. The fourth-order valence-electron chi connectivity index (χ4n) is 1.85. The molecule has 0 bridgehead atoms. The second kappa shape index (κ2) is 13.3. The summed E-state index contributed by atoms with van der Waals surface area (Å²) in [6, 6.07) is 0. The van der Waals surface area contributed by atoms with E-state index in [1.807, 2.05) is 20.8 Å². The molecule has 0 aliphatic carbocycles. The highest BCUT2D eigenvalue weighted by Gasteiger charge is 2.37. The number of hydrogen-bond donors (Lipinski definition) is 0. The van der Waals surface area contributed by atoms with Gasteiger partial charge in [-0.1, -0.05) is 40.0 Å². The summed E-state index contributed by atoms with van der Waals surface area (Å²) < 4.78 is 45.2. The molecule has 0 N–H and O–H groups in total. The highest BCUT2D eigenvalue weighted by atomic mass is 31.2. The lowest BCUT2D eigenvalue weighted by Gasteiger charge is -2.28. The van der Waals surface area contributed by atoms with Gasteiger partial charge in [-0.15, -0.1) is 0 Å². The maximum atomic E-state index is 13.0. The van der Waals surface area contributed by atoms with E-state index in [2.05, 4.69) is 0 Å². The molecule has 0 radical (unpaired) electrons. The second-order valence-electron chi connectivity index (χ2n) is 5.13. The van der Waals surface area contributed by atoms with Crippen molar-refractivity contribution in [1.29, 1.82) is 0 Å². The van der Waals surface area contributed by atoms with Crippen LogP contribution in [0.1, 0.15) is 59.3 Å². The lowest BCUT2D eigenvalue weighted by Crippen LogP contribution is -2.23. The summed E-state index contributed by atoms with van der Waals surface area (Å²) in [5.41, 5.74) is 0. The SMILES string of the molecule is CCCC(OC)OP(=O)(OC(CCC)OC)OC(CCC)OC. The van der Waals surface area contributed by atoms with Gasteiger partial charge in [-0.3, -0.25) is 13.6 Å². The Balaban J connectivity index is 5.10. The van der Waals surface area contributed by atoms with Crippen LogP contribution in [0.15, 0.2) is 0 Å². The van der Waals surface area contributed by atoms with Crippen LogP contribution >= 0.6 is 7.82 Å². The molecule has 0 aromatic heterocycles. The first-order valence-electron chi connectivity index (χ1n) is 8.22. The summed E-state index contributed by atoms with van der Waals surface area (Å²) in [5, 5.41) is 0. The quantitative estimate of drug-likeness (QED) is 0.317. The average molecular weight is 356 g/mol. The van der Waals surface area contributed by atoms with Crippen molar-refractivity contribution >= 4 is 7.82 Å². The van der Waals surface area contributed by atoms with E-state index >= 15 is 0 Å². The zero-order valence-corrected chi connectivity index (χ0v) is 16.2. The molecule has 0 spiro atoms. The molecule has 8 heteroatoms. The Bertz CT molecular complexity index is 279. The minimum absolute atomic E-state index is 0.573. The van der Waals surface area contributed by atoms with E-state index in [-0.39, 0.29) is 0 Å². The zero-order chi connectivity index (χ0) is 17.7. The van der Waals surface area contributed by atoms with Crippen LogP contribution in [0, 0.1) is 0 Å². The van der Waals surface area contributed by atoms with Crippen LogP contribution in [0.2, 0.25) is 0 Å². The Hall–Kier alpha value is -0.0100. The molecular formula is C15H33O7P. The van der Waals surface area contributed by atoms with E-state index in [4.69, 9.17) is 27.8 Å². The molecule has 0 heterocycles. The zero-order valence-electron chi connectivity index (χ0n) is 15.3. The predicted molar refractivity (Wildman–Crippen MR) is 88.0 cm³/mol. The first-order chi connectivity index (χ1) is 11.0. The van der Waals surface area contributed by atoms with E-state index < -0.39 is 26.7 Å². The van der Waals surface area contributed by atoms with Crippen molar-refractivity contribution in [2.45, 2.75) is 78.2 Å². The molecule has 0 fully saturated rings. The van der Waals surface area contributed by atoms with E-state index in [9.17, 15) is 4.57 Å². The van der Waals surface area contributed by atoms with Crippen LogP contribution in [0.5, 0.6) is 0 Å². The van der Waals surface area contributed by atoms with Gasteiger partial charge in [0.25, 0.3) is 0 Å². The Morgan fingerprint density at radius 1 is 0.652 bits per heavy atom. The molecule has 0 rings (SSSR count). The lowest BCUT2D eigenvalue weighted by molar-refractivity contribution is -0.146. The van der Waals surface area contributed by atoms with Gasteiger partial charge < -0.3 is 14.2 Å². The highest BCUT2D eigenvalue weighted by molar-refractivity contribution is 7.48. The van der Waals surface area contributed by atoms with Crippen molar-refractivity contribution in [3.63, 3.8) is 0 Å². The van der Waals surface area contributed by atoms with Gasteiger partial charge in [0.1, 0.15) is 0 Å². The fourth-order valence-corrected chi connectivity index (χ4v) is 3.44. The molecular weight excluding hydrogens is 323 g/mol. The number of phosphoric acid groups is 1. The molecule has 3 atom stereocenters. The molecule has 0 aromatic rings. The number of ether oxygens (including phenoxy) is 3. The first kappa shape index (κ1) is 23.0. The fraction of sp³-hybridized carbons (Fsp3) is 1.00. The van der Waals surface area contributed by atoms with Crippen molar-refractivity contribution in [2.75, 3.05) is 21.3 Å². The summed E-state index contributed by atoms with van der Waals surface area (Å²) in [6.45, 7) is 5.93. The van der Waals surface area contributed by atoms with Crippen LogP contribution in [0.4, 0.5) is 0 Å². The molecule has 140 valence electrons. The van der Waals surface area contributed by atoms with Gasteiger partial charge in [-0.25, -0.2) is 4.57 Å².